The first kappa shape index (κ1) is 21.7. The van der Waals surface area contributed by atoms with Crippen LogP contribution in [0.3, 0.4) is 0 Å². The summed E-state index contributed by atoms with van der Waals surface area (Å²) in [5.74, 6) is -1.42. The molecule has 0 saturated carbocycles. The highest BCUT2D eigenvalue weighted by molar-refractivity contribution is 9.11. The molecular weight excluding hydrogens is 506 g/mol. The average molecular weight is 523 g/mol. The smallest absolute Gasteiger partial charge is 0.307 e. The van der Waals surface area contributed by atoms with Crippen LogP contribution in [-0.4, -0.2) is 24.9 Å². The number of methoxy groups -OCH3 is 1. The lowest BCUT2D eigenvalue weighted by atomic mass is 10.0. The summed E-state index contributed by atoms with van der Waals surface area (Å²) in [6.07, 6.45) is 0.144. The summed E-state index contributed by atoms with van der Waals surface area (Å²) >= 11 is 12.7. The summed E-state index contributed by atoms with van der Waals surface area (Å²) in [5.41, 5.74) is 7.17. The minimum atomic E-state index is -0.571. The van der Waals surface area contributed by atoms with Gasteiger partial charge in [0.2, 0.25) is 0 Å². The van der Waals surface area contributed by atoms with Crippen LogP contribution in [-0.2, 0) is 9.53 Å². The second-order valence-electron chi connectivity index (χ2n) is 5.79. The standard InChI is InChI=1S/C18H16Br2ClFN2O3/c1-8(5-14(25)27-2)24-13-7-11(19)15(16(20)17(13)23)18(26)10-6-9(22)3-4-12(10)21/h3-4,6-8,24H,5,23H2,1-2H3/t8-/m0/s1. The highest BCUT2D eigenvalue weighted by Gasteiger charge is 2.23. The van der Waals surface area contributed by atoms with Gasteiger partial charge in [-0.25, -0.2) is 4.39 Å². The number of carbonyl (C=O) groups excluding carboxylic acids is 2. The van der Waals surface area contributed by atoms with Gasteiger partial charge in [0.05, 0.1) is 40.0 Å². The van der Waals surface area contributed by atoms with Gasteiger partial charge in [0.1, 0.15) is 5.82 Å². The molecular formula is C18H16Br2ClFN2O3. The molecule has 3 N–H and O–H groups in total. The maximum Gasteiger partial charge on any atom is 0.307 e. The zero-order valence-corrected chi connectivity index (χ0v) is 18.3. The fourth-order valence-corrected chi connectivity index (χ4v) is 4.10. The normalized spacial score (nSPS) is 11.8. The molecule has 27 heavy (non-hydrogen) atoms. The maximum absolute atomic E-state index is 13.5. The number of benzene rings is 2. The van der Waals surface area contributed by atoms with Gasteiger partial charge in [0, 0.05) is 16.1 Å². The number of ketones is 1. The van der Waals surface area contributed by atoms with Gasteiger partial charge in [0.15, 0.2) is 5.78 Å². The van der Waals surface area contributed by atoms with Crippen LogP contribution in [0.25, 0.3) is 0 Å². The number of hydrogen-bond donors (Lipinski definition) is 2. The Hall–Kier alpha value is -1.64. The van der Waals surface area contributed by atoms with Crippen molar-refractivity contribution in [3.05, 3.63) is 55.2 Å². The molecule has 0 spiro atoms. The summed E-state index contributed by atoms with van der Waals surface area (Å²) in [6.45, 7) is 1.80. The van der Waals surface area contributed by atoms with E-state index in [0.717, 1.165) is 6.07 Å². The van der Waals surface area contributed by atoms with Crippen molar-refractivity contribution in [3.63, 3.8) is 0 Å². The lowest BCUT2D eigenvalue weighted by Crippen LogP contribution is -2.21. The van der Waals surface area contributed by atoms with Crippen molar-refractivity contribution in [1.82, 2.24) is 0 Å². The van der Waals surface area contributed by atoms with Gasteiger partial charge in [-0.1, -0.05) is 11.6 Å². The molecule has 0 fully saturated rings. The summed E-state index contributed by atoms with van der Waals surface area (Å²) < 4.78 is 18.9. The third kappa shape index (κ3) is 5.00. The summed E-state index contributed by atoms with van der Waals surface area (Å²) in [4.78, 5) is 24.3. The Morgan fingerprint density at radius 3 is 2.63 bits per heavy atom. The Labute approximate surface area is 177 Å². The molecule has 0 aliphatic rings. The molecule has 9 heteroatoms. The molecule has 0 aliphatic carbocycles. The van der Waals surface area contributed by atoms with E-state index in [0.29, 0.717) is 14.6 Å². The van der Waals surface area contributed by atoms with Crippen molar-refractivity contribution < 1.29 is 18.7 Å². The van der Waals surface area contributed by atoms with Crippen LogP contribution in [0.15, 0.2) is 33.2 Å². The van der Waals surface area contributed by atoms with E-state index < -0.39 is 11.6 Å². The molecule has 0 radical (unpaired) electrons. The number of nitrogen functional groups attached to an aromatic ring is 1. The number of halogens is 4. The maximum atomic E-state index is 13.5. The first-order valence-corrected chi connectivity index (χ1v) is 9.72. The van der Waals surface area contributed by atoms with E-state index in [9.17, 15) is 14.0 Å². The minimum absolute atomic E-state index is 0.0252. The summed E-state index contributed by atoms with van der Waals surface area (Å²) in [6, 6.07) is 4.93. The van der Waals surface area contributed by atoms with Gasteiger partial charge < -0.3 is 15.8 Å². The fourth-order valence-electron chi connectivity index (χ4n) is 2.42. The van der Waals surface area contributed by atoms with Gasteiger partial charge in [0.25, 0.3) is 0 Å². The van der Waals surface area contributed by atoms with Crippen LogP contribution in [0.2, 0.25) is 5.02 Å². The van der Waals surface area contributed by atoms with E-state index in [1.165, 1.54) is 19.2 Å². The predicted octanol–water partition coefficient (Wildman–Crippen LogP) is 5.18. The molecule has 0 aromatic heterocycles. The van der Waals surface area contributed by atoms with Crippen LogP contribution in [0, 0.1) is 5.82 Å². The van der Waals surface area contributed by atoms with Crippen molar-refractivity contribution in [2.75, 3.05) is 18.2 Å². The zero-order valence-electron chi connectivity index (χ0n) is 14.4. The van der Waals surface area contributed by atoms with E-state index in [4.69, 9.17) is 17.3 Å². The van der Waals surface area contributed by atoms with E-state index in [1.807, 2.05) is 0 Å². The Balaban J connectivity index is 2.40. The van der Waals surface area contributed by atoms with Crippen molar-refractivity contribution >= 4 is 66.6 Å². The summed E-state index contributed by atoms with van der Waals surface area (Å²) in [7, 11) is 1.31. The third-order valence-electron chi connectivity index (χ3n) is 3.76. The largest absolute Gasteiger partial charge is 0.469 e. The zero-order chi connectivity index (χ0) is 20.3. The average Bonchev–Trinajstić information content (AvgIpc) is 2.61. The topological polar surface area (TPSA) is 81.4 Å². The molecule has 5 nitrogen and oxygen atoms in total. The van der Waals surface area contributed by atoms with Crippen LogP contribution in [0.4, 0.5) is 15.8 Å². The van der Waals surface area contributed by atoms with Gasteiger partial charge in [-0.3, -0.25) is 9.59 Å². The molecule has 1 atom stereocenters. The quantitative estimate of drug-likeness (QED) is 0.310. The monoisotopic (exact) mass is 520 g/mol. The SMILES string of the molecule is COC(=O)C[C@H](C)Nc1cc(Br)c(C(=O)c2cc(F)ccc2Cl)c(Br)c1N. The van der Waals surface area contributed by atoms with Gasteiger partial charge in [-0.05, 0) is 63.0 Å². The summed E-state index contributed by atoms with van der Waals surface area (Å²) in [5, 5.41) is 3.23. The second-order valence-corrected chi connectivity index (χ2v) is 7.84. The Morgan fingerprint density at radius 2 is 2.00 bits per heavy atom. The molecule has 0 heterocycles. The van der Waals surface area contributed by atoms with E-state index >= 15 is 0 Å². The number of esters is 1. The first-order chi connectivity index (χ1) is 12.6. The van der Waals surface area contributed by atoms with Crippen molar-refractivity contribution in [3.8, 4) is 0 Å². The molecule has 144 valence electrons. The lowest BCUT2D eigenvalue weighted by Gasteiger charge is -2.19. The van der Waals surface area contributed by atoms with Crippen LogP contribution >= 0.6 is 43.5 Å². The molecule has 0 unspecified atom stereocenters. The number of anilines is 2. The van der Waals surface area contributed by atoms with Gasteiger partial charge in [-0.15, -0.1) is 0 Å². The second kappa shape index (κ2) is 9.03. The minimum Gasteiger partial charge on any atom is -0.469 e. The van der Waals surface area contributed by atoms with E-state index in [1.54, 1.807) is 13.0 Å². The number of carbonyl (C=O) groups is 2. The number of nitrogens with two attached hydrogens (primary N) is 1. The highest BCUT2D eigenvalue weighted by atomic mass is 79.9. The fraction of sp³-hybridized carbons (Fsp3) is 0.222. The number of rotatable bonds is 6. The van der Waals surface area contributed by atoms with E-state index in [2.05, 4.69) is 41.9 Å². The van der Waals surface area contributed by atoms with E-state index in [-0.39, 0.29) is 40.3 Å². The van der Waals surface area contributed by atoms with Crippen LogP contribution in [0.1, 0.15) is 29.3 Å². The lowest BCUT2D eigenvalue weighted by molar-refractivity contribution is -0.140. The van der Waals surface area contributed by atoms with Gasteiger partial charge in [-0.2, -0.15) is 0 Å². The van der Waals surface area contributed by atoms with Crippen molar-refractivity contribution in [1.29, 1.82) is 0 Å². The third-order valence-corrected chi connectivity index (χ3v) is 5.54. The number of ether oxygens (including phenoxy) is 1. The molecule has 2 rings (SSSR count). The Morgan fingerprint density at radius 1 is 1.33 bits per heavy atom. The molecule has 0 saturated heterocycles. The van der Waals surface area contributed by atoms with Crippen molar-refractivity contribution in [2.24, 2.45) is 0 Å². The number of hydrogen-bond acceptors (Lipinski definition) is 5. The van der Waals surface area contributed by atoms with Crippen LogP contribution < -0.4 is 11.1 Å². The first-order valence-electron chi connectivity index (χ1n) is 7.76. The number of nitrogens with one attached hydrogen (secondary N) is 1. The molecule has 0 bridgehead atoms. The highest BCUT2D eigenvalue weighted by Crippen LogP contribution is 2.39. The predicted molar refractivity (Wildman–Crippen MR) is 111 cm³/mol. The molecule has 0 amide bonds. The molecule has 2 aromatic carbocycles. The van der Waals surface area contributed by atoms with Crippen LogP contribution in [0.5, 0.6) is 0 Å². The van der Waals surface area contributed by atoms with Gasteiger partial charge >= 0.3 is 5.97 Å². The molecule has 0 aliphatic heterocycles. The molecule has 2 aromatic rings. The van der Waals surface area contributed by atoms with Crippen molar-refractivity contribution in [2.45, 2.75) is 19.4 Å². The Bertz CT molecular complexity index is 909. The Kier molecular flexibility index (Phi) is 7.25.